The Hall–Kier alpha value is -1.43. The summed E-state index contributed by atoms with van der Waals surface area (Å²) < 4.78 is 36.1. The number of carbonyl (C=O) groups is 1. The van der Waals surface area contributed by atoms with E-state index in [9.17, 15) is 17.6 Å². The fourth-order valence-corrected chi connectivity index (χ4v) is 2.78. The summed E-state index contributed by atoms with van der Waals surface area (Å²) in [5.74, 6) is -2.17. The molecule has 0 aliphatic rings. The predicted molar refractivity (Wildman–Crippen MR) is 55.4 cm³/mol. The number of benzene rings is 1. The number of halogens is 1. The van der Waals surface area contributed by atoms with E-state index in [4.69, 9.17) is 5.11 Å². The summed E-state index contributed by atoms with van der Waals surface area (Å²) in [6.07, 6.45) is -0.459. The third-order valence-corrected chi connectivity index (χ3v) is 3.93. The Morgan fingerprint density at radius 2 is 2.06 bits per heavy atom. The largest absolute Gasteiger partial charge is 0.481 e. The van der Waals surface area contributed by atoms with Gasteiger partial charge in [-0.05, 0) is 30.7 Å². The molecule has 0 spiro atoms. The minimum Gasteiger partial charge on any atom is -0.481 e. The van der Waals surface area contributed by atoms with E-state index in [1.807, 2.05) is 0 Å². The van der Waals surface area contributed by atoms with Gasteiger partial charge in [-0.3, -0.25) is 4.79 Å². The molecule has 1 rings (SSSR count). The van der Waals surface area contributed by atoms with Gasteiger partial charge in [0.05, 0.1) is 17.1 Å². The highest BCUT2D eigenvalue weighted by atomic mass is 32.2. The van der Waals surface area contributed by atoms with E-state index in [0.717, 1.165) is 18.2 Å². The molecule has 0 fully saturated rings. The van der Waals surface area contributed by atoms with Crippen molar-refractivity contribution in [3.05, 3.63) is 29.6 Å². The van der Waals surface area contributed by atoms with Crippen molar-refractivity contribution < 1.29 is 22.7 Å². The summed E-state index contributed by atoms with van der Waals surface area (Å²) in [6.45, 7) is 1.47. The third-order valence-electron chi connectivity index (χ3n) is 2.06. The van der Waals surface area contributed by atoms with Crippen LogP contribution in [0, 0.1) is 12.7 Å². The lowest BCUT2D eigenvalue weighted by Gasteiger charge is -2.06. The minimum atomic E-state index is -3.65. The van der Waals surface area contributed by atoms with E-state index >= 15 is 0 Å². The first kappa shape index (κ1) is 12.6. The van der Waals surface area contributed by atoms with Crippen LogP contribution in [-0.2, 0) is 14.6 Å². The standard InChI is InChI=1S/C10H11FO4S/c1-7-6-8(11)2-3-9(7)16(14,15)5-4-10(12)13/h2-3,6H,4-5H2,1H3,(H,12,13). The van der Waals surface area contributed by atoms with Crippen LogP contribution < -0.4 is 0 Å². The van der Waals surface area contributed by atoms with Gasteiger partial charge in [0.1, 0.15) is 5.82 Å². The zero-order valence-corrected chi connectivity index (χ0v) is 9.42. The molecular formula is C10H11FO4S. The lowest BCUT2D eigenvalue weighted by Crippen LogP contribution is -2.12. The minimum absolute atomic E-state index is 0.0184. The van der Waals surface area contributed by atoms with Crippen molar-refractivity contribution in [3.63, 3.8) is 0 Å². The van der Waals surface area contributed by atoms with E-state index in [-0.39, 0.29) is 10.5 Å². The molecule has 1 aromatic rings. The predicted octanol–water partition coefficient (Wildman–Crippen LogP) is 1.38. The molecule has 6 heteroatoms. The first-order chi connectivity index (χ1) is 7.33. The van der Waals surface area contributed by atoms with E-state index < -0.39 is 33.8 Å². The highest BCUT2D eigenvalue weighted by molar-refractivity contribution is 7.91. The van der Waals surface area contributed by atoms with Crippen molar-refractivity contribution in [1.82, 2.24) is 0 Å². The topological polar surface area (TPSA) is 71.4 Å². The zero-order chi connectivity index (χ0) is 12.3. The molecule has 0 saturated heterocycles. The monoisotopic (exact) mass is 246 g/mol. The maximum Gasteiger partial charge on any atom is 0.304 e. The van der Waals surface area contributed by atoms with Crippen LogP contribution in [0.5, 0.6) is 0 Å². The molecule has 1 aromatic carbocycles. The number of aliphatic carboxylic acids is 1. The second-order valence-electron chi connectivity index (χ2n) is 3.37. The Balaban J connectivity index is 3.03. The van der Waals surface area contributed by atoms with Crippen LogP contribution in [0.15, 0.2) is 23.1 Å². The molecule has 0 atom stereocenters. The molecule has 0 aliphatic carbocycles. The summed E-state index contributed by atoms with van der Waals surface area (Å²) >= 11 is 0. The summed E-state index contributed by atoms with van der Waals surface area (Å²) in [4.78, 5) is 10.3. The fraction of sp³-hybridized carbons (Fsp3) is 0.300. The average Bonchev–Trinajstić information content (AvgIpc) is 2.14. The van der Waals surface area contributed by atoms with Gasteiger partial charge in [0.15, 0.2) is 9.84 Å². The van der Waals surface area contributed by atoms with Crippen LogP contribution in [0.4, 0.5) is 4.39 Å². The van der Waals surface area contributed by atoms with Gasteiger partial charge in [-0.1, -0.05) is 0 Å². The van der Waals surface area contributed by atoms with Crippen molar-refractivity contribution in [1.29, 1.82) is 0 Å². The van der Waals surface area contributed by atoms with Gasteiger partial charge in [-0.2, -0.15) is 0 Å². The second kappa shape index (κ2) is 4.61. The Morgan fingerprint density at radius 1 is 1.44 bits per heavy atom. The van der Waals surface area contributed by atoms with Gasteiger partial charge in [0, 0.05) is 0 Å². The lowest BCUT2D eigenvalue weighted by molar-refractivity contribution is -0.136. The summed E-state index contributed by atoms with van der Waals surface area (Å²) in [7, 11) is -3.65. The molecular weight excluding hydrogens is 235 g/mol. The van der Waals surface area contributed by atoms with E-state index in [2.05, 4.69) is 0 Å². The molecule has 16 heavy (non-hydrogen) atoms. The van der Waals surface area contributed by atoms with Crippen molar-refractivity contribution in [3.8, 4) is 0 Å². The quantitative estimate of drug-likeness (QED) is 0.815. The van der Waals surface area contributed by atoms with Crippen LogP contribution in [0.2, 0.25) is 0 Å². The van der Waals surface area contributed by atoms with Crippen molar-refractivity contribution in [2.45, 2.75) is 18.2 Å². The third kappa shape index (κ3) is 3.03. The number of carboxylic acids is 1. The molecule has 1 N–H and O–H groups in total. The van der Waals surface area contributed by atoms with Crippen LogP contribution >= 0.6 is 0 Å². The molecule has 0 bridgehead atoms. The Morgan fingerprint density at radius 3 is 2.56 bits per heavy atom. The lowest BCUT2D eigenvalue weighted by atomic mass is 10.2. The molecule has 88 valence electrons. The van der Waals surface area contributed by atoms with Gasteiger partial charge in [0.25, 0.3) is 0 Å². The molecule has 0 aromatic heterocycles. The second-order valence-corrected chi connectivity index (χ2v) is 5.45. The molecule has 0 saturated carbocycles. The SMILES string of the molecule is Cc1cc(F)ccc1S(=O)(=O)CCC(=O)O. The summed E-state index contributed by atoms with van der Waals surface area (Å²) in [6, 6.07) is 3.30. The van der Waals surface area contributed by atoms with Crippen LogP contribution in [0.25, 0.3) is 0 Å². The van der Waals surface area contributed by atoms with Crippen molar-refractivity contribution in [2.24, 2.45) is 0 Å². The molecule has 0 heterocycles. The van der Waals surface area contributed by atoms with Crippen LogP contribution in [-0.4, -0.2) is 25.2 Å². The number of sulfone groups is 1. The zero-order valence-electron chi connectivity index (χ0n) is 8.60. The Labute approximate surface area is 92.6 Å². The smallest absolute Gasteiger partial charge is 0.304 e. The number of hydrogen-bond acceptors (Lipinski definition) is 3. The normalized spacial score (nSPS) is 11.4. The Kier molecular flexibility index (Phi) is 3.64. The van der Waals surface area contributed by atoms with Crippen LogP contribution in [0.3, 0.4) is 0 Å². The highest BCUT2D eigenvalue weighted by Crippen LogP contribution is 2.18. The molecule has 0 aliphatic heterocycles. The maximum atomic E-state index is 12.8. The molecule has 0 unspecified atom stereocenters. The number of rotatable bonds is 4. The van der Waals surface area contributed by atoms with Crippen molar-refractivity contribution >= 4 is 15.8 Å². The van der Waals surface area contributed by atoms with Gasteiger partial charge in [0.2, 0.25) is 0 Å². The summed E-state index contributed by atoms with van der Waals surface area (Å²) in [5.41, 5.74) is 0.283. The molecule has 0 radical (unpaired) electrons. The van der Waals surface area contributed by atoms with Crippen molar-refractivity contribution in [2.75, 3.05) is 5.75 Å². The van der Waals surface area contributed by atoms with E-state index in [1.54, 1.807) is 0 Å². The first-order valence-corrected chi connectivity index (χ1v) is 6.19. The average molecular weight is 246 g/mol. The number of aryl methyl sites for hydroxylation is 1. The first-order valence-electron chi connectivity index (χ1n) is 4.53. The fourth-order valence-electron chi connectivity index (χ4n) is 1.29. The number of hydrogen-bond donors (Lipinski definition) is 1. The van der Waals surface area contributed by atoms with Crippen LogP contribution in [0.1, 0.15) is 12.0 Å². The highest BCUT2D eigenvalue weighted by Gasteiger charge is 2.18. The van der Waals surface area contributed by atoms with Gasteiger partial charge < -0.3 is 5.11 Å². The van der Waals surface area contributed by atoms with E-state index in [0.29, 0.717) is 0 Å². The van der Waals surface area contributed by atoms with E-state index in [1.165, 1.54) is 6.92 Å². The molecule has 4 nitrogen and oxygen atoms in total. The van der Waals surface area contributed by atoms with Gasteiger partial charge >= 0.3 is 5.97 Å². The molecule has 0 amide bonds. The van der Waals surface area contributed by atoms with Gasteiger partial charge in [-0.25, -0.2) is 12.8 Å². The van der Waals surface area contributed by atoms with Gasteiger partial charge in [-0.15, -0.1) is 0 Å². The number of carboxylic acid groups (broad SMARTS) is 1. The summed E-state index contributed by atoms with van der Waals surface area (Å²) in [5, 5.41) is 8.41. The Bertz CT molecular complexity index is 508. The maximum absolute atomic E-state index is 12.8.